The molecule has 0 spiro atoms. The molecule has 0 bridgehead atoms. The van der Waals surface area contributed by atoms with Gasteiger partial charge in [-0.1, -0.05) is 65.2 Å². The molecule has 1 aliphatic rings. The molecule has 0 fully saturated rings. The predicted octanol–water partition coefficient (Wildman–Crippen LogP) is 6.60. The monoisotopic (exact) mass is 374 g/mol. The Bertz CT molecular complexity index is 614. The van der Waals surface area contributed by atoms with Crippen LogP contribution >= 0.6 is 11.3 Å². The third-order valence-electron chi connectivity index (χ3n) is 5.57. The molecule has 1 aliphatic carbocycles. The fourth-order valence-electron chi connectivity index (χ4n) is 3.82. The maximum Gasteiger partial charge on any atom is 0.225 e. The molecule has 0 aromatic carbocycles. The maximum atomic E-state index is 12.3. The summed E-state index contributed by atoms with van der Waals surface area (Å²) in [6.45, 7) is 4.48. The zero-order valence-electron chi connectivity index (χ0n) is 16.5. The van der Waals surface area contributed by atoms with Gasteiger partial charge in [0.2, 0.25) is 5.91 Å². The number of hydrogen-bond acceptors (Lipinski definition) is 3. The Morgan fingerprint density at radius 1 is 1.15 bits per heavy atom. The van der Waals surface area contributed by atoms with Crippen molar-refractivity contribution in [2.45, 2.75) is 97.3 Å². The second-order valence-corrected chi connectivity index (χ2v) is 8.72. The zero-order chi connectivity index (χ0) is 18.8. The first kappa shape index (κ1) is 21.0. The van der Waals surface area contributed by atoms with Gasteiger partial charge in [0, 0.05) is 11.3 Å². The first-order valence-electron chi connectivity index (χ1n) is 10.5. The van der Waals surface area contributed by atoms with Crippen LogP contribution in [0, 0.1) is 17.2 Å². The third-order valence-corrected chi connectivity index (χ3v) is 6.74. The Labute approximate surface area is 163 Å². The van der Waals surface area contributed by atoms with Crippen LogP contribution in [0.3, 0.4) is 0 Å². The molecule has 4 heteroatoms. The van der Waals surface area contributed by atoms with Crippen LogP contribution in [-0.2, 0) is 17.6 Å². The van der Waals surface area contributed by atoms with Crippen molar-refractivity contribution in [2.24, 2.45) is 5.92 Å². The Morgan fingerprint density at radius 3 is 2.50 bits per heavy atom. The van der Waals surface area contributed by atoms with E-state index in [1.807, 2.05) is 0 Å². The van der Waals surface area contributed by atoms with E-state index in [2.05, 4.69) is 25.2 Å². The van der Waals surface area contributed by atoms with Gasteiger partial charge in [0.1, 0.15) is 11.1 Å². The quantitative estimate of drug-likeness (QED) is 0.443. The fraction of sp³-hybridized carbons (Fsp3) is 0.727. The van der Waals surface area contributed by atoms with Crippen LogP contribution in [-0.4, -0.2) is 5.91 Å². The highest BCUT2D eigenvalue weighted by atomic mass is 32.1. The molecule has 0 aliphatic heterocycles. The van der Waals surface area contributed by atoms with E-state index in [0.29, 0.717) is 6.42 Å². The Balaban J connectivity index is 1.75. The van der Waals surface area contributed by atoms with E-state index < -0.39 is 0 Å². The van der Waals surface area contributed by atoms with E-state index >= 15 is 0 Å². The predicted molar refractivity (Wildman–Crippen MR) is 111 cm³/mol. The van der Waals surface area contributed by atoms with Crippen LogP contribution in [0.4, 0.5) is 5.00 Å². The lowest BCUT2D eigenvalue weighted by atomic mass is 9.86. The number of thiophene rings is 1. The van der Waals surface area contributed by atoms with Crippen LogP contribution in [0.1, 0.15) is 100 Å². The van der Waals surface area contributed by atoms with Crippen LogP contribution in [0.25, 0.3) is 0 Å². The molecule has 1 aromatic rings. The molecule has 2 rings (SSSR count). The van der Waals surface area contributed by atoms with E-state index in [1.54, 1.807) is 11.3 Å². The van der Waals surface area contributed by atoms with Crippen LogP contribution in [0.5, 0.6) is 0 Å². The van der Waals surface area contributed by atoms with Gasteiger partial charge in [-0.05, 0) is 37.2 Å². The molecule has 1 heterocycles. The summed E-state index contributed by atoms with van der Waals surface area (Å²) in [5.74, 6) is 0.798. The lowest BCUT2D eigenvalue weighted by Crippen LogP contribution is -2.12. The minimum Gasteiger partial charge on any atom is -0.317 e. The molecule has 1 aromatic heterocycles. The molecular weight excluding hydrogens is 340 g/mol. The molecule has 0 saturated carbocycles. The van der Waals surface area contributed by atoms with Gasteiger partial charge in [0.05, 0.1) is 5.56 Å². The van der Waals surface area contributed by atoms with Crippen molar-refractivity contribution in [1.29, 1.82) is 5.26 Å². The Kier molecular flexibility index (Phi) is 9.18. The highest BCUT2D eigenvalue weighted by molar-refractivity contribution is 7.16. The van der Waals surface area contributed by atoms with Crippen LogP contribution in [0.15, 0.2) is 0 Å². The number of carbonyl (C=O) groups is 1. The number of fused-ring (bicyclic) bond motifs is 1. The molecular formula is C22H34N2OS. The molecule has 1 atom stereocenters. The van der Waals surface area contributed by atoms with Gasteiger partial charge in [-0.15, -0.1) is 11.3 Å². The highest BCUT2D eigenvalue weighted by Gasteiger charge is 2.25. The third kappa shape index (κ3) is 6.13. The molecule has 1 amide bonds. The summed E-state index contributed by atoms with van der Waals surface area (Å²) >= 11 is 1.63. The van der Waals surface area contributed by atoms with Crippen molar-refractivity contribution in [1.82, 2.24) is 0 Å². The van der Waals surface area contributed by atoms with Crippen molar-refractivity contribution in [2.75, 3.05) is 5.32 Å². The molecule has 0 radical (unpaired) electrons. The lowest BCUT2D eigenvalue weighted by Gasteiger charge is -2.20. The Hall–Kier alpha value is -1.34. The van der Waals surface area contributed by atoms with E-state index in [0.717, 1.165) is 42.2 Å². The highest BCUT2D eigenvalue weighted by Crippen LogP contribution is 2.40. The standard InChI is InChI=1S/C22H34N2OS/c1-3-5-6-7-8-9-10-11-12-21(25)24-22-19(16-23)18-14-13-17(4-2)15-20(18)26-22/h17H,3-15H2,1-2H3,(H,24,25). The summed E-state index contributed by atoms with van der Waals surface area (Å²) in [4.78, 5) is 13.6. The van der Waals surface area contributed by atoms with E-state index in [9.17, 15) is 10.1 Å². The zero-order valence-corrected chi connectivity index (χ0v) is 17.3. The number of anilines is 1. The van der Waals surface area contributed by atoms with Gasteiger partial charge in [-0.2, -0.15) is 5.26 Å². The average molecular weight is 375 g/mol. The molecule has 144 valence electrons. The first-order valence-corrected chi connectivity index (χ1v) is 11.4. The van der Waals surface area contributed by atoms with Crippen molar-refractivity contribution in [3.05, 3.63) is 16.0 Å². The Morgan fingerprint density at radius 2 is 1.85 bits per heavy atom. The van der Waals surface area contributed by atoms with Crippen LogP contribution < -0.4 is 5.32 Å². The smallest absolute Gasteiger partial charge is 0.225 e. The van der Waals surface area contributed by atoms with Crippen molar-refractivity contribution in [3.8, 4) is 6.07 Å². The van der Waals surface area contributed by atoms with Crippen molar-refractivity contribution in [3.63, 3.8) is 0 Å². The van der Waals surface area contributed by atoms with Gasteiger partial charge in [0.25, 0.3) is 0 Å². The first-order chi connectivity index (χ1) is 12.7. The summed E-state index contributed by atoms with van der Waals surface area (Å²) in [6.07, 6.45) is 14.9. The average Bonchev–Trinajstić information content (AvgIpc) is 2.99. The number of carbonyl (C=O) groups excluding carboxylic acids is 1. The number of nitriles is 1. The topological polar surface area (TPSA) is 52.9 Å². The molecule has 26 heavy (non-hydrogen) atoms. The molecule has 0 saturated heterocycles. The minimum absolute atomic E-state index is 0.0677. The van der Waals surface area contributed by atoms with Gasteiger partial charge in [0.15, 0.2) is 0 Å². The number of nitrogens with one attached hydrogen (secondary N) is 1. The summed E-state index contributed by atoms with van der Waals surface area (Å²) in [5, 5.41) is 13.4. The van der Waals surface area contributed by atoms with Crippen molar-refractivity contribution >= 4 is 22.2 Å². The minimum atomic E-state index is 0.0677. The van der Waals surface area contributed by atoms with Crippen molar-refractivity contribution < 1.29 is 4.79 Å². The van der Waals surface area contributed by atoms with Gasteiger partial charge < -0.3 is 5.32 Å². The largest absolute Gasteiger partial charge is 0.317 e. The molecule has 1 N–H and O–H groups in total. The number of rotatable bonds is 11. The SMILES string of the molecule is CCCCCCCCCCC(=O)Nc1sc2c(c1C#N)CCC(CC)C2. The van der Waals surface area contributed by atoms with Gasteiger partial charge in [-0.25, -0.2) is 0 Å². The second kappa shape index (κ2) is 11.4. The van der Waals surface area contributed by atoms with Crippen LogP contribution in [0.2, 0.25) is 0 Å². The van der Waals surface area contributed by atoms with E-state index in [-0.39, 0.29) is 5.91 Å². The van der Waals surface area contributed by atoms with Gasteiger partial charge in [-0.3, -0.25) is 4.79 Å². The normalized spacial score (nSPS) is 16.1. The molecule has 3 nitrogen and oxygen atoms in total. The van der Waals surface area contributed by atoms with E-state index in [1.165, 1.54) is 61.8 Å². The van der Waals surface area contributed by atoms with Gasteiger partial charge >= 0.3 is 0 Å². The maximum absolute atomic E-state index is 12.3. The summed E-state index contributed by atoms with van der Waals surface area (Å²) in [6, 6.07) is 2.34. The summed E-state index contributed by atoms with van der Waals surface area (Å²) in [5.41, 5.74) is 1.92. The number of nitrogens with zero attached hydrogens (tertiary/aromatic N) is 1. The summed E-state index contributed by atoms with van der Waals surface area (Å²) in [7, 11) is 0. The summed E-state index contributed by atoms with van der Waals surface area (Å²) < 4.78 is 0. The number of hydrogen-bond donors (Lipinski definition) is 1. The number of amides is 1. The number of unbranched alkanes of at least 4 members (excludes halogenated alkanes) is 7. The molecule has 1 unspecified atom stereocenters. The lowest BCUT2D eigenvalue weighted by molar-refractivity contribution is -0.116. The second-order valence-electron chi connectivity index (χ2n) is 7.61. The fourth-order valence-corrected chi connectivity index (χ4v) is 5.15. The van der Waals surface area contributed by atoms with E-state index in [4.69, 9.17) is 0 Å².